The molecule has 0 fully saturated rings. The van der Waals surface area contributed by atoms with Gasteiger partial charge in [0.25, 0.3) is 0 Å². The van der Waals surface area contributed by atoms with Gasteiger partial charge in [0.05, 0.1) is 0 Å². The lowest BCUT2D eigenvalue weighted by molar-refractivity contribution is 1.69. The lowest BCUT2D eigenvalue weighted by atomic mass is 10.8. The molecule has 0 aromatic carbocycles. The van der Waals surface area contributed by atoms with Gasteiger partial charge >= 0.3 is 0 Å². The maximum absolute atomic E-state index is 3.74. The normalized spacial score (nSPS) is 10.0. The monoisotopic (exact) mass is 86.1 g/mol. The van der Waals surface area contributed by atoms with Crippen LogP contribution in [0.1, 0.15) is 6.92 Å². The molecule has 0 saturated carbocycles. The average molecular weight is 86.2 g/mol. The Labute approximate surface area is 35.7 Å². The number of hydrogen-bond acceptors (Lipinski definition) is 0. The lowest BCUT2D eigenvalue weighted by Crippen LogP contribution is -1.76. The molecule has 0 nitrogen and oxygen atoms in total. The van der Waals surface area contributed by atoms with Gasteiger partial charge < -0.3 is 0 Å². The van der Waals surface area contributed by atoms with Gasteiger partial charge in [0.2, 0.25) is 0 Å². The molecule has 0 spiro atoms. The summed E-state index contributed by atoms with van der Waals surface area (Å²) in [6, 6.07) is 0. The third-order valence-corrected chi connectivity index (χ3v) is 1.81. The van der Waals surface area contributed by atoms with Gasteiger partial charge in [0, 0.05) is 9.52 Å². The number of hydrogen-bond donors (Lipinski definition) is 0. The van der Waals surface area contributed by atoms with Crippen LogP contribution in [-0.4, -0.2) is 9.52 Å². The fourth-order valence-corrected chi connectivity index (χ4v) is 0. The van der Waals surface area contributed by atoms with Crippen molar-refractivity contribution in [1.29, 1.82) is 0 Å². The first-order valence-corrected chi connectivity index (χ1v) is 4.04. The molecule has 1 heteroatoms. The average Bonchev–Trinajstić information content (AvgIpc) is 1.38. The van der Waals surface area contributed by atoms with E-state index in [9.17, 15) is 0 Å². The summed E-state index contributed by atoms with van der Waals surface area (Å²) >= 11 is 0. The van der Waals surface area contributed by atoms with Crippen LogP contribution in [-0.2, 0) is 0 Å². The summed E-state index contributed by atoms with van der Waals surface area (Å²) in [7, 11) is 0.154. The summed E-state index contributed by atoms with van der Waals surface area (Å²) in [4.78, 5) is 0. The van der Waals surface area contributed by atoms with Crippen molar-refractivity contribution in [3.63, 3.8) is 0 Å². The number of rotatable bonds is 1. The van der Waals surface area contributed by atoms with Crippen molar-refractivity contribution >= 4 is 9.52 Å². The smallest absolute Gasteiger partial charge is 0.0453 e. The zero-order chi connectivity index (χ0) is 4.28. The molecule has 0 aromatic rings. The second-order valence-corrected chi connectivity index (χ2v) is 3.22. The van der Waals surface area contributed by atoms with Crippen molar-refractivity contribution in [3.05, 3.63) is 11.8 Å². The second-order valence-electron chi connectivity index (χ2n) is 1.31. The molecule has 0 unspecified atom stereocenters. The summed E-state index contributed by atoms with van der Waals surface area (Å²) in [6.45, 7) is 8.06. The van der Waals surface area contributed by atoms with Crippen LogP contribution < -0.4 is 0 Å². The maximum Gasteiger partial charge on any atom is 0.0453 e. The minimum atomic E-state index is 0.154. The van der Waals surface area contributed by atoms with Gasteiger partial charge in [-0.25, -0.2) is 0 Å². The molecule has 30 valence electrons. The van der Waals surface area contributed by atoms with Gasteiger partial charge in [-0.2, -0.15) is 0 Å². The SMILES string of the molecule is C=C(C)[SiH2]C. The van der Waals surface area contributed by atoms with Crippen LogP contribution in [0.15, 0.2) is 11.8 Å². The molecule has 0 saturated heterocycles. The predicted molar refractivity (Wildman–Crippen MR) is 29.2 cm³/mol. The second kappa shape index (κ2) is 2.21. The Kier molecular flexibility index (Phi) is 2.19. The van der Waals surface area contributed by atoms with Crippen LogP contribution in [0.2, 0.25) is 6.55 Å². The van der Waals surface area contributed by atoms with Gasteiger partial charge in [0.1, 0.15) is 0 Å². The molecule has 0 rings (SSSR count). The van der Waals surface area contributed by atoms with Crippen LogP contribution >= 0.6 is 0 Å². The largest absolute Gasteiger partial charge is 0.105 e. The van der Waals surface area contributed by atoms with Crippen molar-refractivity contribution in [2.24, 2.45) is 0 Å². The van der Waals surface area contributed by atoms with Crippen LogP contribution in [0.3, 0.4) is 0 Å². The summed E-state index contributed by atoms with van der Waals surface area (Å²) < 4.78 is 0. The van der Waals surface area contributed by atoms with Crippen LogP contribution in [0.4, 0.5) is 0 Å². The Bertz CT molecular complexity index is 38.9. The molecular weight excluding hydrogens is 76.1 g/mol. The molecule has 0 amide bonds. The van der Waals surface area contributed by atoms with Gasteiger partial charge in [-0.05, 0) is 6.92 Å². The molecule has 0 atom stereocenters. The van der Waals surface area contributed by atoms with E-state index in [0.29, 0.717) is 0 Å². The van der Waals surface area contributed by atoms with Gasteiger partial charge in [-0.15, -0.1) is 6.58 Å². The lowest BCUT2D eigenvalue weighted by Gasteiger charge is -1.78. The van der Waals surface area contributed by atoms with Gasteiger partial charge in [0.15, 0.2) is 0 Å². The van der Waals surface area contributed by atoms with E-state index in [-0.39, 0.29) is 9.52 Å². The third kappa shape index (κ3) is 3.96. The predicted octanol–water partition coefficient (Wildman–Crippen LogP) is 0.737. The van der Waals surface area contributed by atoms with Crippen molar-refractivity contribution in [2.45, 2.75) is 13.5 Å². The van der Waals surface area contributed by atoms with E-state index in [0.717, 1.165) is 0 Å². The Morgan fingerprint density at radius 3 is 2.00 bits per heavy atom. The highest BCUT2D eigenvalue weighted by Gasteiger charge is 1.69. The Morgan fingerprint density at radius 1 is 1.80 bits per heavy atom. The van der Waals surface area contributed by atoms with E-state index in [1.54, 1.807) is 0 Å². The molecule has 0 aromatic heterocycles. The Balaban J connectivity index is 2.85. The van der Waals surface area contributed by atoms with E-state index in [1.807, 2.05) is 0 Å². The molecule has 5 heavy (non-hydrogen) atoms. The zero-order valence-electron chi connectivity index (χ0n) is 3.91. The maximum atomic E-state index is 3.74. The molecule has 0 bridgehead atoms. The van der Waals surface area contributed by atoms with Crippen molar-refractivity contribution in [2.75, 3.05) is 0 Å². The highest BCUT2D eigenvalue weighted by atomic mass is 28.2. The van der Waals surface area contributed by atoms with Crippen LogP contribution in [0.5, 0.6) is 0 Å². The molecular formula is C4H10Si. The summed E-state index contributed by atoms with van der Waals surface area (Å²) in [5.41, 5.74) is 0. The standard InChI is InChI=1S/C4H10Si/c1-4(2)5-3/h1,5H2,2-3H3. The van der Waals surface area contributed by atoms with E-state index in [4.69, 9.17) is 0 Å². The van der Waals surface area contributed by atoms with Crippen LogP contribution in [0, 0.1) is 0 Å². The van der Waals surface area contributed by atoms with Gasteiger partial charge in [-0.1, -0.05) is 11.7 Å². The fourth-order valence-electron chi connectivity index (χ4n) is 0. The first-order chi connectivity index (χ1) is 2.27. The molecule has 0 radical (unpaired) electrons. The minimum absolute atomic E-state index is 0.154. The van der Waals surface area contributed by atoms with E-state index in [2.05, 4.69) is 20.0 Å². The zero-order valence-corrected chi connectivity index (χ0v) is 5.33. The minimum Gasteiger partial charge on any atom is -0.105 e. The van der Waals surface area contributed by atoms with Crippen LogP contribution in [0.25, 0.3) is 0 Å². The summed E-state index contributed by atoms with van der Waals surface area (Å²) in [5.74, 6) is 0. The summed E-state index contributed by atoms with van der Waals surface area (Å²) in [5, 5.41) is 1.39. The topological polar surface area (TPSA) is 0 Å². The fraction of sp³-hybridized carbons (Fsp3) is 0.500. The molecule has 0 N–H and O–H groups in total. The van der Waals surface area contributed by atoms with Gasteiger partial charge in [-0.3, -0.25) is 0 Å². The van der Waals surface area contributed by atoms with E-state index >= 15 is 0 Å². The molecule has 0 aliphatic rings. The van der Waals surface area contributed by atoms with Crippen molar-refractivity contribution < 1.29 is 0 Å². The highest BCUT2D eigenvalue weighted by molar-refractivity contribution is 6.43. The quantitative estimate of drug-likeness (QED) is 0.413. The summed E-state index contributed by atoms with van der Waals surface area (Å²) in [6.07, 6.45) is 0. The number of allylic oxidation sites excluding steroid dienone is 1. The molecule has 0 aliphatic heterocycles. The Hall–Kier alpha value is -0.0431. The first-order valence-electron chi connectivity index (χ1n) is 1.91. The van der Waals surface area contributed by atoms with Crippen molar-refractivity contribution in [1.82, 2.24) is 0 Å². The third-order valence-electron chi connectivity index (χ3n) is 0.604. The van der Waals surface area contributed by atoms with Crippen molar-refractivity contribution in [3.8, 4) is 0 Å². The first kappa shape index (κ1) is 4.96. The molecule has 0 heterocycles. The van der Waals surface area contributed by atoms with E-state index in [1.165, 1.54) is 5.20 Å². The highest BCUT2D eigenvalue weighted by Crippen LogP contribution is 1.76. The van der Waals surface area contributed by atoms with E-state index < -0.39 is 0 Å². The Morgan fingerprint density at radius 2 is 2.00 bits per heavy atom. The molecule has 0 aliphatic carbocycles.